The Hall–Kier alpha value is -3.46. The molecule has 4 atom stereocenters. The van der Waals surface area contributed by atoms with Crippen LogP contribution < -0.4 is 4.72 Å². The summed E-state index contributed by atoms with van der Waals surface area (Å²) in [6, 6.07) is 21.2. The zero-order valence-corrected chi connectivity index (χ0v) is 26.1. The third-order valence-corrected chi connectivity index (χ3v) is 11.0. The molecule has 12 heteroatoms. The van der Waals surface area contributed by atoms with E-state index in [1.165, 1.54) is 0 Å². The fourth-order valence-electron chi connectivity index (χ4n) is 5.96. The first-order valence-corrected chi connectivity index (χ1v) is 16.4. The van der Waals surface area contributed by atoms with E-state index in [0.717, 1.165) is 0 Å². The van der Waals surface area contributed by atoms with Crippen molar-refractivity contribution in [3.05, 3.63) is 105 Å². The van der Waals surface area contributed by atoms with Crippen molar-refractivity contribution in [2.24, 2.45) is 0 Å². The lowest BCUT2D eigenvalue weighted by Crippen LogP contribution is -2.57. The molecule has 0 bridgehead atoms. The maximum Gasteiger partial charge on any atom is 0.306 e. The number of sulfonamides is 1. The van der Waals surface area contributed by atoms with E-state index in [2.05, 4.69) is 10.8 Å². The number of hydrogen-bond donors (Lipinski definition) is 2. The number of nitrogens with one attached hydrogen (secondary N) is 1. The molecule has 9 nitrogen and oxygen atoms in total. The number of nitriles is 1. The van der Waals surface area contributed by atoms with Gasteiger partial charge in [0.1, 0.15) is 17.0 Å². The number of carboxylic acids is 1. The Bertz CT molecular complexity index is 1710. The van der Waals surface area contributed by atoms with Gasteiger partial charge in [-0.15, -0.1) is 0 Å². The summed E-state index contributed by atoms with van der Waals surface area (Å²) in [5.74, 6) is -1.77. The van der Waals surface area contributed by atoms with Crippen LogP contribution in [0.15, 0.2) is 72.8 Å². The Morgan fingerprint density at radius 1 is 1.09 bits per heavy atom. The molecule has 1 aliphatic heterocycles. The highest BCUT2D eigenvalue weighted by atomic mass is 35.5. The molecule has 3 aromatic carbocycles. The van der Waals surface area contributed by atoms with Crippen molar-refractivity contribution in [2.75, 3.05) is 6.54 Å². The third-order valence-electron chi connectivity index (χ3n) is 8.31. The Morgan fingerprint density at radius 2 is 1.80 bits per heavy atom. The Balaban J connectivity index is 1.54. The van der Waals surface area contributed by atoms with Gasteiger partial charge in [-0.25, -0.2) is 13.1 Å². The zero-order chi connectivity index (χ0) is 31.6. The molecule has 230 valence electrons. The van der Waals surface area contributed by atoms with Gasteiger partial charge in [-0.2, -0.15) is 5.26 Å². The van der Waals surface area contributed by atoms with E-state index < -0.39 is 57.4 Å². The van der Waals surface area contributed by atoms with E-state index in [0.29, 0.717) is 51.6 Å². The van der Waals surface area contributed by atoms with Crippen molar-refractivity contribution in [3.63, 3.8) is 0 Å². The maximum atomic E-state index is 14.1. The first-order chi connectivity index (χ1) is 21.0. The number of aliphatic carboxylic acids is 1. The molecular formula is C32H31Cl2N3O6S. The minimum Gasteiger partial charge on any atom is -0.481 e. The average molecular weight is 657 g/mol. The second-order valence-electron chi connectivity index (χ2n) is 11.0. The van der Waals surface area contributed by atoms with Crippen molar-refractivity contribution in [1.82, 2.24) is 9.62 Å². The number of carbonyl (C=O) groups excluding carboxylic acids is 1. The van der Waals surface area contributed by atoms with Crippen molar-refractivity contribution in [1.29, 1.82) is 5.26 Å². The van der Waals surface area contributed by atoms with E-state index in [-0.39, 0.29) is 6.54 Å². The second-order valence-corrected chi connectivity index (χ2v) is 14.0. The SMILES string of the molecule is CC[C@@H](CNS(=O)(=O)C1(c2ccccc2C#N)CC1)N1C(=O)[C@@H](CC(=O)O)O[C@H](c2cccc(Cl)c2)[C@H]1c1ccc(Cl)cc1. The van der Waals surface area contributed by atoms with Crippen LogP contribution in [-0.2, 0) is 29.1 Å². The van der Waals surface area contributed by atoms with E-state index in [1.807, 2.05) is 6.92 Å². The predicted octanol–water partition coefficient (Wildman–Crippen LogP) is 5.74. The fraction of sp³-hybridized carbons (Fsp3) is 0.344. The first-order valence-electron chi connectivity index (χ1n) is 14.2. The first kappa shape index (κ1) is 31.9. The van der Waals surface area contributed by atoms with Gasteiger partial charge in [-0.05, 0) is 66.3 Å². The molecular weight excluding hydrogens is 625 g/mol. The molecule has 44 heavy (non-hydrogen) atoms. The molecule has 2 aliphatic rings. The molecule has 5 rings (SSSR count). The van der Waals surface area contributed by atoms with Crippen molar-refractivity contribution >= 4 is 45.1 Å². The number of amides is 1. The van der Waals surface area contributed by atoms with Crippen LogP contribution >= 0.6 is 23.2 Å². The van der Waals surface area contributed by atoms with Gasteiger partial charge in [0.15, 0.2) is 0 Å². The van der Waals surface area contributed by atoms with Crippen LogP contribution in [0, 0.1) is 11.3 Å². The van der Waals surface area contributed by atoms with Crippen molar-refractivity contribution in [2.45, 2.75) is 61.6 Å². The molecule has 2 fully saturated rings. The summed E-state index contributed by atoms with van der Waals surface area (Å²) in [7, 11) is -3.99. The number of benzene rings is 3. The molecule has 0 spiro atoms. The molecule has 0 aromatic heterocycles. The lowest BCUT2D eigenvalue weighted by molar-refractivity contribution is -0.183. The van der Waals surface area contributed by atoms with Gasteiger partial charge in [-0.1, -0.05) is 72.6 Å². The minimum absolute atomic E-state index is 0.132. The number of nitrogens with zero attached hydrogens (tertiary/aromatic N) is 2. The van der Waals surface area contributed by atoms with Crippen LogP contribution in [0.4, 0.5) is 0 Å². The number of ether oxygens (including phenoxy) is 1. The van der Waals surface area contributed by atoms with Crippen LogP contribution in [0.3, 0.4) is 0 Å². The van der Waals surface area contributed by atoms with Gasteiger partial charge in [0.25, 0.3) is 5.91 Å². The van der Waals surface area contributed by atoms with Crippen LogP contribution in [0.1, 0.15) is 67.0 Å². The number of morpholine rings is 1. The van der Waals surface area contributed by atoms with Crippen molar-refractivity contribution in [3.8, 4) is 6.07 Å². The molecule has 1 saturated carbocycles. The second kappa shape index (κ2) is 12.9. The summed E-state index contributed by atoms with van der Waals surface area (Å²) in [6.07, 6.45) is -1.64. The smallest absolute Gasteiger partial charge is 0.306 e. The topological polar surface area (TPSA) is 137 Å². The minimum atomic E-state index is -3.99. The van der Waals surface area contributed by atoms with Crippen LogP contribution in [0.25, 0.3) is 0 Å². The summed E-state index contributed by atoms with van der Waals surface area (Å²) in [5, 5.41) is 20.2. The lowest BCUT2D eigenvalue weighted by atomic mass is 9.89. The van der Waals surface area contributed by atoms with Gasteiger partial charge >= 0.3 is 5.97 Å². The number of rotatable bonds is 11. The standard InChI is InChI=1S/C32H31Cl2N3O6S/c1-2-25(19-36-44(41,42)32(14-15-32)26-9-4-3-6-22(26)18-35)37-29(20-10-12-23(33)13-11-20)30(21-7-5-8-24(34)16-21)43-27(31(37)40)17-28(38)39/h3-13,16,25,27,29-30,36H,2,14-15,17,19H2,1H3,(H,38,39)/t25-,27+,29+,30+/m0/s1. The van der Waals surface area contributed by atoms with E-state index in [9.17, 15) is 28.4 Å². The number of carboxylic acid groups (broad SMARTS) is 1. The molecule has 1 saturated heterocycles. The molecule has 2 N–H and O–H groups in total. The van der Waals surface area contributed by atoms with E-state index >= 15 is 0 Å². The normalized spacial score (nSPS) is 21.8. The summed E-state index contributed by atoms with van der Waals surface area (Å²) < 4.78 is 35.4. The number of hydrogen-bond acceptors (Lipinski definition) is 6. The molecule has 3 aromatic rings. The maximum absolute atomic E-state index is 14.1. The largest absolute Gasteiger partial charge is 0.481 e. The summed E-state index contributed by atoms with van der Waals surface area (Å²) in [4.78, 5) is 27.4. The fourth-order valence-corrected chi connectivity index (χ4v) is 8.08. The van der Waals surface area contributed by atoms with Crippen molar-refractivity contribution < 1.29 is 27.9 Å². The lowest BCUT2D eigenvalue weighted by Gasteiger charge is -2.48. The highest BCUT2D eigenvalue weighted by Crippen LogP contribution is 2.53. The highest BCUT2D eigenvalue weighted by molar-refractivity contribution is 7.90. The molecule has 0 radical (unpaired) electrons. The van der Waals surface area contributed by atoms with Gasteiger partial charge < -0.3 is 14.7 Å². The summed E-state index contributed by atoms with van der Waals surface area (Å²) in [5.41, 5.74) is 2.05. The van der Waals surface area contributed by atoms with Crippen LogP contribution in [0.2, 0.25) is 10.0 Å². The Morgan fingerprint density at radius 3 is 2.41 bits per heavy atom. The quantitative estimate of drug-likeness (QED) is 0.269. The van der Waals surface area contributed by atoms with Gasteiger partial charge in [0, 0.05) is 22.6 Å². The van der Waals surface area contributed by atoms with Gasteiger partial charge in [0.2, 0.25) is 10.0 Å². The Kier molecular flexibility index (Phi) is 9.35. The molecule has 0 unspecified atom stereocenters. The highest BCUT2D eigenvalue weighted by Gasteiger charge is 2.57. The Labute approximate surface area is 266 Å². The van der Waals surface area contributed by atoms with E-state index in [1.54, 1.807) is 77.7 Å². The predicted molar refractivity (Wildman–Crippen MR) is 165 cm³/mol. The summed E-state index contributed by atoms with van der Waals surface area (Å²) in [6.45, 7) is 1.70. The zero-order valence-electron chi connectivity index (χ0n) is 23.8. The monoisotopic (exact) mass is 655 g/mol. The molecule has 1 aliphatic carbocycles. The molecule has 1 heterocycles. The van der Waals surface area contributed by atoms with Gasteiger partial charge in [-0.3, -0.25) is 9.59 Å². The summed E-state index contributed by atoms with van der Waals surface area (Å²) >= 11 is 12.5. The average Bonchev–Trinajstić information content (AvgIpc) is 3.82. The van der Waals surface area contributed by atoms with Gasteiger partial charge in [0.05, 0.1) is 24.1 Å². The van der Waals surface area contributed by atoms with Crippen LogP contribution in [-0.4, -0.2) is 49.0 Å². The van der Waals surface area contributed by atoms with Crippen LogP contribution in [0.5, 0.6) is 0 Å². The molecule has 1 amide bonds. The van der Waals surface area contributed by atoms with E-state index in [4.69, 9.17) is 27.9 Å². The third kappa shape index (κ3) is 6.21. The number of carbonyl (C=O) groups is 2. The number of halogens is 2.